The van der Waals surface area contributed by atoms with Crippen LogP contribution in [-0.4, -0.2) is 4.98 Å². The van der Waals surface area contributed by atoms with Crippen LogP contribution in [0.25, 0.3) is 11.1 Å². The van der Waals surface area contributed by atoms with Crippen molar-refractivity contribution in [3.8, 4) is 11.1 Å². The first kappa shape index (κ1) is 12.3. The van der Waals surface area contributed by atoms with Gasteiger partial charge in [0, 0.05) is 11.8 Å². The van der Waals surface area contributed by atoms with Crippen molar-refractivity contribution in [2.24, 2.45) is 0 Å². The Kier molecular flexibility index (Phi) is 2.94. The molecule has 1 N–H and O–H groups in total. The van der Waals surface area contributed by atoms with E-state index in [9.17, 15) is 22.4 Å². The van der Waals surface area contributed by atoms with Crippen molar-refractivity contribution in [1.29, 1.82) is 0 Å². The third-order valence-electron chi connectivity index (χ3n) is 2.42. The molecule has 2 nitrogen and oxygen atoms in total. The van der Waals surface area contributed by atoms with Gasteiger partial charge in [0.2, 0.25) is 0 Å². The maximum atomic E-state index is 13.5. The number of hydrogen-bond acceptors (Lipinski definition) is 1. The van der Waals surface area contributed by atoms with Gasteiger partial charge in [0.05, 0.1) is 5.56 Å². The van der Waals surface area contributed by atoms with Crippen molar-refractivity contribution in [2.75, 3.05) is 0 Å². The van der Waals surface area contributed by atoms with Crippen molar-refractivity contribution < 1.29 is 17.6 Å². The Morgan fingerprint density at radius 1 is 1.00 bits per heavy atom. The first-order chi connectivity index (χ1) is 8.39. The molecule has 1 aromatic heterocycles. The van der Waals surface area contributed by atoms with Gasteiger partial charge >= 0.3 is 6.18 Å². The molecule has 0 bridgehead atoms. The van der Waals surface area contributed by atoms with Crippen LogP contribution in [-0.2, 0) is 6.18 Å². The van der Waals surface area contributed by atoms with E-state index in [0.717, 1.165) is 24.3 Å². The SMILES string of the molecule is O=c1[nH]ccc(-c2ccc(C(F)(F)F)cc2)c1F. The number of H-pyrrole nitrogens is 1. The average Bonchev–Trinajstić information content (AvgIpc) is 2.32. The minimum absolute atomic E-state index is 0.0347. The van der Waals surface area contributed by atoms with Crippen molar-refractivity contribution in [2.45, 2.75) is 6.18 Å². The lowest BCUT2D eigenvalue weighted by atomic mass is 10.0. The second-order valence-corrected chi connectivity index (χ2v) is 3.61. The predicted molar refractivity (Wildman–Crippen MR) is 57.5 cm³/mol. The van der Waals surface area contributed by atoms with E-state index in [0.29, 0.717) is 0 Å². The van der Waals surface area contributed by atoms with E-state index in [4.69, 9.17) is 0 Å². The largest absolute Gasteiger partial charge is 0.416 e. The molecule has 6 heteroatoms. The van der Waals surface area contributed by atoms with E-state index in [1.54, 1.807) is 0 Å². The topological polar surface area (TPSA) is 32.9 Å². The Bertz CT molecular complexity index is 613. The molecule has 0 aliphatic heterocycles. The molecule has 0 spiro atoms. The molecule has 18 heavy (non-hydrogen) atoms. The van der Waals surface area contributed by atoms with Crippen molar-refractivity contribution >= 4 is 0 Å². The van der Waals surface area contributed by atoms with Gasteiger partial charge in [-0.1, -0.05) is 12.1 Å². The summed E-state index contributed by atoms with van der Waals surface area (Å²) in [6.07, 6.45) is -3.20. The van der Waals surface area contributed by atoms with Gasteiger partial charge in [0.15, 0.2) is 5.82 Å². The van der Waals surface area contributed by atoms with Gasteiger partial charge < -0.3 is 4.98 Å². The molecule has 1 aromatic carbocycles. The second kappa shape index (κ2) is 4.29. The highest BCUT2D eigenvalue weighted by Gasteiger charge is 2.30. The van der Waals surface area contributed by atoms with Gasteiger partial charge in [-0.15, -0.1) is 0 Å². The summed E-state index contributed by atoms with van der Waals surface area (Å²) in [5, 5.41) is 0. The molecule has 0 amide bonds. The van der Waals surface area contributed by atoms with E-state index in [2.05, 4.69) is 4.98 Å². The maximum absolute atomic E-state index is 13.5. The van der Waals surface area contributed by atoms with Crippen LogP contribution in [0.1, 0.15) is 5.56 Å². The molecule has 2 rings (SSSR count). The summed E-state index contributed by atoms with van der Waals surface area (Å²) in [4.78, 5) is 13.2. The van der Waals surface area contributed by atoms with Crippen molar-refractivity contribution in [1.82, 2.24) is 4.98 Å². The number of aromatic amines is 1. The van der Waals surface area contributed by atoms with E-state index >= 15 is 0 Å². The van der Waals surface area contributed by atoms with Crippen LogP contribution >= 0.6 is 0 Å². The number of pyridine rings is 1. The van der Waals surface area contributed by atoms with E-state index < -0.39 is 23.1 Å². The molecule has 2 aromatic rings. The zero-order valence-corrected chi connectivity index (χ0v) is 8.88. The van der Waals surface area contributed by atoms with Gasteiger partial charge in [0.25, 0.3) is 5.56 Å². The molecule has 0 aliphatic carbocycles. The number of nitrogens with one attached hydrogen (secondary N) is 1. The molecular weight excluding hydrogens is 250 g/mol. The van der Waals surface area contributed by atoms with Crippen LogP contribution in [0.4, 0.5) is 17.6 Å². The van der Waals surface area contributed by atoms with Gasteiger partial charge in [-0.05, 0) is 23.8 Å². The van der Waals surface area contributed by atoms with Crippen LogP contribution in [0.3, 0.4) is 0 Å². The molecule has 0 radical (unpaired) electrons. The standard InChI is InChI=1S/C12H7F4NO/c13-10-9(5-6-17-11(10)18)7-1-3-8(4-2-7)12(14,15)16/h1-6H,(H,17,18). The van der Waals surface area contributed by atoms with E-state index in [1.165, 1.54) is 12.3 Å². The van der Waals surface area contributed by atoms with Crippen LogP contribution < -0.4 is 5.56 Å². The molecule has 0 aliphatic rings. The Morgan fingerprint density at radius 2 is 1.61 bits per heavy atom. The highest BCUT2D eigenvalue weighted by atomic mass is 19.4. The third-order valence-corrected chi connectivity index (χ3v) is 2.42. The van der Waals surface area contributed by atoms with Gasteiger partial charge in [-0.2, -0.15) is 13.2 Å². The highest BCUT2D eigenvalue weighted by Crippen LogP contribution is 2.31. The third kappa shape index (κ3) is 2.27. The number of alkyl halides is 3. The van der Waals surface area contributed by atoms with Gasteiger partial charge in [-0.3, -0.25) is 4.79 Å². The quantitative estimate of drug-likeness (QED) is 0.782. The number of halogens is 4. The molecular formula is C12H7F4NO. The number of aromatic nitrogens is 1. The Labute approximate surface area is 98.9 Å². The zero-order valence-electron chi connectivity index (χ0n) is 8.88. The fraction of sp³-hybridized carbons (Fsp3) is 0.0833. The van der Waals surface area contributed by atoms with Gasteiger partial charge in [0.1, 0.15) is 0 Å². The molecule has 0 unspecified atom stereocenters. The van der Waals surface area contributed by atoms with E-state index in [-0.39, 0.29) is 11.1 Å². The highest BCUT2D eigenvalue weighted by molar-refractivity contribution is 5.63. The Hall–Kier alpha value is -2.11. The van der Waals surface area contributed by atoms with E-state index in [1.807, 2.05) is 0 Å². The fourth-order valence-corrected chi connectivity index (χ4v) is 1.52. The lowest BCUT2D eigenvalue weighted by Crippen LogP contribution is -2.10. The normalized spacial score (nSPS) is 11.6. The fourth-order valence-electron chi connectivity index (χ4n) is 1.52. The molecule has 0 saturated heterocycles. The number of benzene rings is 1. The Balaban J connectivity index is 2.47. The van der Waals surface area contributed by atoms with Crippen LogP contribution in [0.15, 0.2) is 41.3 Å². The minimum atomic E-state index is -4.44. The molecule has 0 fully saturated rings. The first-order valence-corrected chi connectivity index (χ1v) is 4.94. The number of rotatable bonds is 1. The van der Waals surface area contributed by atoms with Crippen molar-refractivity contribution in [3.05, 3.63) is 58.3 Å². The van der Waals surface area contributed by atoms with Crippen molar-refractivity contribution in [3.63, 3.8) is 0 Å². The average molecular weight is 257 g/mol. The smallest absolute Gasteiger partial charge is 0.327 e. The summed E-state index contributed by atoms with van der Waals surface area (Å²) < 4.78 is 50.5. The second-order valence-electron chi connectivity index (χ2n) is 3.61. The van der Waals surface area contributed by atoms with Crippen LogP contribution in [0, 0.1) is 5.82 Å². The summed E-state index contributed by atoms with van der Waals surface area (Å²) in [6.45, 7) is 0. The molecule has 94 valence electrons. The summed E-state index contributed by atoms with van der Waals surface area (Å²) in [7, 11) is 0. The zero-order chi connectivity index (χ0) is 13.3. The lowest BCUT2D eigenvalue weighted by molar-refractivity contribution is -0.137. The monoisotopic (exact) mass is 257 g/mol. The van der Waals surface area contributed by atoms with Gasteiger partial charge in [-0.25, -0.2) is 4.39 Å². The predicted octanol–water partition coefficient (Wildman–Crippen LogP) is 3.20. The summed E-state index contributed by atoms with van der Waals surface area (Å²) in [6, 6.07) is 5.23. The maximum Gasteiger partial charge on any atom is 0.416 e. The summed E-state index contributed by atoms with van der Waals surface area (Å²) in [5.41, 5.74) is -1.55. The van der Waals surface area contributed by atoms with Crippen LogP contribution in [0.5, 0.6) is 0 Å². The first-order valence-electron chi connectivity index (χ1n) is 4.94. The van der Waals surface area contributed by atoms with Crippen LogP contribution in [0.2, 0.25) is 0 Å². The molecule has 0 saturated carbocycles. The summed E-state index contributed by atoms with van der Waals surface area (Å²) >= 11 is 0. The molecule has 0 atom stereocenters. The Morgan fingerprint density at radius 3 is 2.17 bits per heavy atom. The molecule has 1 heterocycles. The minimum Gasteiger partial charge on any atom is -0.327 e. The number of hydrogen-bond donors (Lipinski definition) is 1. The summed E-state index contributed by atoms with van der Waals surface area (Å²) in [5.74, 6) is -1.02. The lowest BCUT2D eigenvalue weighted by Gasteiger charge is -2.07.